The summed E-state index contributed by atoms with van der Waals surface area (Å²) >= 11 is 0. The summed E-state index contributed by atoms with van der Waals surface area (Å²) in [4.78, 5) is 34.6. The largest absolute Gasteiger partial charge is 0.381 e. The third kappa shape index (κ3) is 3.58. The normalized spacial score (nSPS) is 14.9. The van der Waals surface area contributed by atoms with E-state index in [-0.39, 0.29) is 18.7 Å². The predicted octanol–water partition coefficient (Wildman–Crippen LogP) is 0.297. The molecule has 0 aliphatic carbocycles. The number of Topliss-reactive ketones (excluding diaryl/α,β-unsaturated/α-hetero) is 1. The van der Waals surface area contributed by atoms with Crippen molar-refractivity contribution in [1.29, 1.82) is 0 Å². The Kier molecular flexibility index (Phi) is 4.85. The topological polar surface area (TPSA) is 63.7 Å². The van der Waals surface area contributed by atoms with Crippen LogP contribution in [-0.2, 0) is 19.1 Å². The predicted molar refractivity (Wildman–Crippen MR) is 56.6 cm³/mol. The maximum absolute atomic E-state index is 11.4. The molecule has 5 nitrogen and oxygen atoms in total. The van der Waals surface area contributed by atoms with E-state index in [0.29, 0.717) is 13.2 Å². The van der Waals surface area contributed by atoms with Crippen molar-refractivity contribution < 1.29 is 19.1 Å². The second-order valence-electron chi connectivity index (χ2n) is 3.50. The molecule has 0 fully saturated rings. The van der Waals surface area contributed by atoms with E-state index >= 15 is 0 Å². The van der Waals surface area contributed by atoms with Gasteiger partial charge in [-0.25, -0.2) is 0 Å². The summed E-state index contributed by atoms with van der Waals surface area (Å²) in [5.74, 6) is -1.01. The first-order valence-electron chi connectivity index (χ1n) is 5.28. The summed E-state index contributed by atoms with van der Waals surface area (Å²) < 4.78 is 5.15. The van der Waals surface area contributed by atoms with Crippen LogP contribution in [0.15, 0.2) is 12.2 Å². The second-order valence-corrected chi connectivity index (χ2v) is 3.50. The Balaban J connectivity index is 2.24. The maximum Gasteiger partial charge on any atom is 0.254 e. The molecule has 5 heteroatoms. The molecule has 0 saturated heterocycles. The van der Waals surface area contributed by atoms with E-state index in [1.807, 2.05) is 6.92 Å². The maximum atomic E-state index is 11.4. The molecule has 2 amide bonds. The average Bonchev–Trinajstić information content (AvgIpc) is 2.56. The molecule has 16 heavy (non-hydrogen) atoms. The van der Waals surface area contributed by atoms with E-state index in [0.717, 1.165) is 11.3 Å². The lowest BCUT2D eigenvalue weighted by Gasteiger charge is -2.12. The highest BCUT2D eigenvalue weighted by Gasteiger charge is 2.25. The van der Waals surface area contributed by atoms with Gasteiger partial charge in [0.2, 0.25) is 0 Å². The lowest BCUT2D eigenvalue weighted by atomic mass is 10.3. The van der Waals surface area contributed by atoms with Crippen molar-refractivity contribution in [1.82, 2.24) is 4.90 Å². The lowest BCUT2D eigenvalue weighted by Crippen LogP contribution is -2.35. The molecular formula is C11H15NO4. The van der Waals surface area contributed by atoms with Gasteiger partial charge in [-0.2, -0.15) is 0 Å². The molecule has 1 aliphatic rings. The van der Waals surface area contributed by atoms with Crippen molar-refractivity contribution in [2.24, 2.45) is 0 Å². The highest BCUT2D eigenvalue weighted by atomic mass is 16.5. The minimum atomic E-state index is -0.423. The molecular weight excluding hydrogens is 210 g/mol. The van der Waals surface area contributed by atoms with Crippen molar-refractivity contribution in [3.63, 3.8) is 0 Å². The summed E-state index contributed by atoms with van der Waals surface area (Å²) in [5.41, 5.74) is 0. The Bertz CT molecular complexity index is 304. The van der Waals surface area contributed by atoms with Crippen LogP contribution in [0, 0.1) is 0 Å². The van der Waals surface area contributed by atoms with Gasteiger partial charge in [0.1, 0.15) is 0 Å². The quantitative estimate of drug-likeness (QED) is 0.461. The number of rotatable bonds is 7. The highest BCUT2D eigenvalue weighted by Crippen LogP contribution is 2.03. The van der Waals surface area contributed by atoms with Crippen LogP contribution in [0.25, 0.3) is 0 Å². The number of ether oxygens (including phenoxy) is 1. The van der Waals surface area contributed by atoms with Crippen molar-refractivity contribution >= 4 is 17.6 Å². The molecule has 0 saturated carbocycles. The Morgan fingerprint density at radius 1 is 1.25 bits per heavy atom. The van der Waals surface area contributed by atoms with Crippen molar-refractivity contribution in [2.75, 3.05) is 19.8 Å². The van der Waals surface area contributed by atoms with E-state index in [1.165, 1.54) is 12.2 Å². The number of imide groups is 1. The van der Waals surface area contributed by atoms with Crippen molar-refractivity contribution in [3.05, 3.63) is 12.2 Å². The number of carbonyl (C=O) groups is 3. The molecule has 0 unspecified atom stereocenters. The van der Waals surface area contributed by atoms with Gasteiger partial charge < -0.3 is 4.74 Å². The van der Waals surface area contributed by atoms with Gasteiger partial charge >= 0.3 is 0 Å². The van der Waals surface area contributed by atoms with Crippen LogP contribution in [0.5, 0.6) is 0 Å². The fourth-order valence-electron chi connectivity index (χ4n) is 1.27. The molecule has 0 atom stereocenters. The van der Waals surface area contributed by atoms with Crippen LogP contribution in [-0.4, -0.2) is 42.3 Å². The van der Waals surface area contributed by atoms with Gasteiger partial charge in [0.25, 0.3) is 11.8 Å². The molecule has 88 valence electrons. The zero-order valence-corrected chi connectivity index (χ0v) is 9.27. The van der Waals surface area contributed by atoms with Crippen LogP contribution in [0.3, 0.4) is 0 Å². The Morgan fingerprint density at radius 2 is 1.88 bits per heavy atom. The zero-order chi connectivity index (χ0) is 12.0. The van der Waals surface area contributed by atoms with Crippen LogP contribution in [0.2, 0.25) is 0 Å². The number of ketones is 1. The molecule has 0 aromatic heterocycles. The monoisotopic (exact) mass is 225 g/mol. The zero-order valence-electron chi connectivity index (χ0n) is 9.27. The second kappa shape index (κ2) is 6.17. The average molecular weight is 225 g/mol. The van der Waals surface area contributed by atoms with Gasteiger partial charge in [-0.1, -0.05) is 6.92 Å². The van der Waals surface area contributed by atoms with Crippen LogP contribution >= 0.6 is 0 Å². The fraction of sp³-hybridized carbons (Fsp3) is 0.545. The summed E-state index contributed by atoms with van der Waals surface area (Å²) in [6.07, 6.45) is 3.48. The van der Waals surface area contributed by atoms with E-state index in [9.17, 15) is 14.4 Å². The van der Waals surface area contributed by atoms with E-state index < -0.39 is 11.8 Å². The number of amides is 2. The summed E-state index contributed by atoms with van der Waals surface area (Å²) in [6, 6.07) is 0. The van der Waals surface area contributed by atoms with Gasteiger partial charge in [-0.3, -0.25) is 19.3 Å². The molecule has 0 bridgehead atoms. The van der Waals surface area contributed by atoms with E-state index in [2.05, 4.69) is 0 Å². The van der Waals surface area contributed by atoms with Gasteiger partial charge in [-0.05, 0) is 6.42 Å². The molecule has 1 rings (SSSR count). The van der Waals surface area contributed by atoms with Gasteiger partial charge in [-0.15, -0.1) is 0 Å². The fourth-order valence-corrected chi connectivity index (χ4v) is 1.27. The van der Waals surface area contributed by atoms with Crippen LogP contribution in [0.1, 0.15) is 19.8 Å². The van der Waals surface area contributed by atoms with Crippen LogP contribution < -0.4 is 0 Å². The first kappa shape index (κ1) is 12.6. The SMILES string of the molecule is CCCOCCC(=O)CN1C(=O)C=CC1=O. The Labute approximate surface area is 94.1 Å². The van der Waals surface area contributed by atoms with Gasteiger partial charge in [0.15, 0.2) is 5.78 Å². The molecule has 0 aromatic rings. The summed E-state index contributed by atoms with van der Waals surface area (Å²) in [6.45, 7) is 2.79. The van der Waals surface area contributed by atoms with E-state index in [4.69, 9.17) is 4.74 Å². The van der Waals surface area contributed by atoms with Crippen molar-refractivity contribution in [3.8, 4) is 0 Å². The first-order chi connectivity index (χ1) is 7.65. The Hall–Kier alpha value is -1.49. The number of hydrogen-bond acceptors (Lipinski definition) is 4. The molecule has 0 N–H and O–H groups in total. The third-order valence-corrected chi connectivity index (χ3v) is 2.11. The number of carbonyl (C=O) groups excluding carboxylic acids is 3. The standard InChI is InChI=1S/C11H15NO4/c1-2-6-16-7-5-9(13)8-12-10(14)3-4-11(12)15/h3-4H,2,5-8H2,1H3. The van der Waals surface area contributed by atoms with Crippen molar-refractivity contribution in [2.45, 2.75) is 19.8 Å². The molecule has 0 radical (unpaired) electrons. The minimum absolute atomic E-state index is 0.153. The lowest BCUT2D eigenvalue weighted by molar-refractivity contribution is -0.140. The molecule has 0 spiro atoms. The van der Waals surface area contributed by atoms with E-state index in [1.54, 1.807) is 0 Å². The molecule has 1 aliphatic heterocycles. The summed E-state index contributed by atoms with van der Waals surface area (Å²) in [5, 5.41) is 0. The minimum Gasteiger partial charge on any atom is -0.381 e. The number of hydrogen-bond donors (Lipinski definition) is 0. The van der Waals surface area contributed by atoms with Gasteiger partial charge in [0, 0.05) is 25.2 Å². The first-order valence-corrected chi connectivity index (χ1v) is 5.28. The Morgan fingerprint density at radius 3 is 2.44 bits per heavy atom. The smallest absolute Gasteiger partial charge is 0.254 e. The number of nitrogens with zero attached hydrogens (tertiary/aromatic N) is 1. The molecule has 0 aromatic carbocycles. The van der Waals surface area contributed by atoms with Gasteiger partial charge in [0.05, 0.1) is 13.2 Å². The molecule has 1 heterocycles. The highest BCUT2D eigenvalue weighted by molar-refractivity contribution is 6.14. The third-order valence-electron chi connectivity index (χ3n) is 2.11. The van der Waals surface area contributed by atoms with Crippen LogP contribution in [0.4, 0.5) is 0 Å². The summed E-state index contributed by atoms with van der Waals surface area (Å²) in [7, 11) is 0.